The van der Waals surface area contributed by atoms with Crippen molar-refractivity contribution < 1.29 is 9.90 Å². The number of aliphatic hydroxyl groups is 1. The van der Waals surface area contributed by atoms with Crippen LogP contribution in [0, 0.1) is 0 Å². The van der Waals surface area contributed by atoms with Crippen molar-refractivity contribution in [3.8, 4) is 0 Å². The standard InChI is InChI=1S/C18H23NO2/c20-13-16(11-10-14-6-2-1-3-7-14)19-17-9-5-4-8-15(17)12-18(19)21/h1-3,6-7,12,16-17,20H,4-5,8-11,13H2/t16-,17-/m0/s1. The SMILES string of the molecule is O=C1C=C2CCCC[C@@H]2N1[C@H](CO)CCc1ccccc1. The maximum absolute atomic E-state index is 12.3. The Morgan fingerprint density at radius 2 is 2.05 bits per heavy atom. The van der Waals surface area contributed by atoms with Gasteiger partial charge in [0.05, 0.1) is 18.7 Å². The van der Waals surface area contributed by atoms with Gasteiger partial charge < -0.3 is 10.0 Å². The summed E-state index contributed by atoms with van der Waals surface area (Å²) in [7, 11) is 0. The molecule has 3 nitrogen and oxygen atoms in total. The van der Waals surface area contributed by atoms with Crippen molar-refractivity contribution in [3.63, 3.8) is 0 Å². The third-order valence-electron chi connectivity index (χ3n) is 4.73. The van der Waals surface area contributed by atoms with Crippen molar-refractivity contribution in [2.45, 2.75) is 50.6 Å². The van der Waals surface area contributed by atoms with Gasteiger partial charge in [0.1, 0.15) is 0 Å². The fraction of sp³-hybridized carbons (Fsp3) is 0.500. The third-order valence-corrected chi connectivity index (χ3v) is 4.73. The summed E-state index contributed by atoms with van der Waals surface area (Å²) in [6, 6.07) is 10.5. The van der Waals surface area contributed by atoms with Crippen LogP contribution in [-0.4, -0.2) is 34.6 Å². The molecule has 2 atom stereocenters. The molecular weight excluding hydrogens is 262 g/mol. The number of carbonyl (C=O) groups excluding carboxylic acids is 1. The van der Waals surface area contributed by atoms with E-state index >= 15 is 0 Å². The summed E-state index contributed by atoms with van der Waals surface area (Å²) in [6.45, 7) is 0.0518. The Bertz CT molecular complexity index is 523. The highest BCUT2D eigenvalue weighted by atomic mass is 16.3. The zero-order valence-electron chi connectivity index (χ0n) is 12.4. The van der Waals surface area contributed by atoms with Gasteiger partial charge in [0.15, 0.2) is 0 Å². The van der Waals surface area contributed by atoms with E-state index in [1.165, 1.54) is 24.0 Å². The number of aliphatic hydroxyl groups excluding tert-OH is 1. The van der Waals surface area contributed by atoms with E-state index in [0.29, 0.717) is 0 Å². The summed E-state index contributed by atoms with van der Waals surface area (Å²) in [6.07, 6.45) is 8.01. The molecule has 21 heavy (non-hydrogen) atoms. The summed E-state index contributed by atoms with van der Waals surface area (Å²) in [5, 5.41) is 9.76. The number of fused-ring (bicyclic) bond motifs is 1. The minimum Gasteiger partial charge on any atom is -0.394 e. The Balaban J connectivity index is 1.67. The summed E-state index contributed by atoms with van der Waals surface area (Å²) in [5.41, 5.74) is 2.55. The van der Waals surface area contributed by atoms with Crippen LogP contribution < -0.4 is 0 Å². The number of hydrogen-bond donors (Lipinski definition) is 1. The van der Waals surface area contributed by atoms with Crippen LogP contribution in [0.25, 0.3) is 0 Å². The smallest absolute Gasteiger partial charge is 0.247 e. The van der Waals surface area contributed by atoms with Gasteiger partial charge in [0.2, 0.25) is 5.91 Å². The van der Waals surface area contributed by atoms with Gasteiger partial charge in [-0.3, -0.25) is 4.79 Å². The second kappa shape index (κ2) is 6.44. The van der Waals surface area contributed by atoms with Crippen LogP contribution >= 0.6 is 0 Å². The van der Waals surface area contributed by atoms with Gasteiger partial charge in [-0.25, -0.2) is 0 Å². The van der Waals surface area contributed by atoms with Crippen molar-refractivity contribution >= 4 is 5.91 Å². The molecule has 1 heterocycles. The van der Waals surface area contributed by atoms with Crippen LogP contribution in [0.4, 0.5) is 0 Å². The topological polar surface area (TPSA) is 40.5 Å². The van der Waals surface area contributed by atoms with Crippen molar-refractivity contribution in [3.05, 3.63) is 47.5 Å². The number of rotatable bonds is 5. The van der Waals surface area contributed by atoms with E-state index in [2.05, 4.69) is 12.1 Å². The Morgan fingerprint density at radius 1 is 1.24 bits per heavy atom. The number of nitrogens with zero attached hydrogens (tertiary/aromatic N) is 1. The molecular formula is C18H23NO2. The monoisotopic (exact) mass is 285 g/mol. The molecule has 0 aromatic heterocycles. The Kier molecular flexibility index (Phi) is 4.39. The molecule has 1 aliphatic carbocycles. The molecule has 1 aromatic rings. The molecule has 1 amide bonds. The van der Waals surface area contributed by atoms with Gasteiger partial charge in [-0.05, 0) is 43.2 Å². The molecule has 1 saturated carbocycles. The van der Waals surface area contributed by atoms with Crippen molar-refractivity contribution in [1.29, 1.82) is 0 Å². The number of amides is 1. The highest BCUT2D eigenvalue weighted by molar-refractivity contribution is 5.92. The second-order valence-corrected chi connectivity index (χ2v) is 6.09. The molecule has 112 valence electrons. The van der Waals surface area contributed by atoms with E-state index in [1.807, 2.05) is 29.2 Å². The van der Waals surface area contributed by atoms with Gasteiger partial charge in [0.25, 0.3) is 0 Å². The van der Waals surface area contributed by atoms with Gasteiger partial charge in [-0.1, -0.05) is 36.8 Å². The molecule has 0 radical (unpaired) electrons. The normalized spacial score (nSPS) is 22.9. The van der Waals surface area contributed by atoms with Crippen LogP contribution in [0.2, 0.25) is 0 Å². The zero-order valence-corrected chi connectivity index (χ0v) is 12.4. The fourth-order valence-electron chi connectivity index (χ4n) is 3.62. The van der Waals surface area contributed by atoms with E-state index in [0.717, 1.165) is 25.7 Å². The first-order valence-electron chi connectivity index (χ1n) is 7.97. The van der Waals surface area contributed by atoms with E-state index < -0.39 is 0 Å². The maximum atomic E-state index is 12.3. The third kappa shape index (κ3) is 3.03. The number of benzene rings is 1. The molecule has 3 heteroatoms. The summed E-state index contributed by atoms with van der Waals surface area (Å²) in [5.74, 6) is 0.101. The maximum Gasteiger partial charge on any atom is 0.247 e. The van der Waals surface area contributed by atoms with Crippen LogP contribution in [-0.2, 0) is 11.2 Å². The lowest BCUT2D eigenvalue weighted by atomic mass is 9.90. The minimum atomic E-state index is -0.0606. The molecule has 1 aromatic carbocycles. The average Bonchev–Trinajstić information content (AvgIpc) is 2.86. The lowest BCUT2D eigenvalue weighted by Crippen LogP contribution is -2.46. The minimum absolute atomic E-state index is 0.0518. The first-order chi connectivity index (χ1) is 10.3. The highest BCUT2D eigenvalue weighted by Crippen LogP contribution is 2.34. The molecule has 1 fully saturated rings. The zero-order chi connectivity index (χ0) is 14.7. The molecule has 1 aliphatic heterocycles. The largest absolute Gasteiger partial charge is 0.394 e. The van der Waals surface area contributed by atoms with Crippen molar-refractivity contribution in [1.82, 2.24) is 4.90 Å². The molecule has 0 unspecified atom stereocenters. The van der Waals surface area contributed by atoms with E-state index in [-0.39, 0.29) is 24.6 Å². The molecule has 0 saturated heterocycles. The van der Waals surface area contributed by atoms with Crippen LogP contribution in [0.15, 0.2) is 42.0 Å². The average molecular weight is 285 g/mol. The highest BCUT2D eigenvalue weighted by Gasteiger charge is 2.37. The first kappa shape index (κ1) is 14.3. The van der Waals surface area contributed by atoms with Crippen LogP contribution in [0.1, 0.15) is 37.7 Å². The Morgan fingerprint density at radius 3 is 2.81 bits per heavy atom. The van der Waals surface area contributed by atoms with E-state index in [1.54, 1.807) is 0 Å². The van der Waals surface area contributed by atoms with Crippen molar-refractivity contribution in [2.24, 2.45) is 0 Å². The predicted octanol–water partition coefficient (Wildman–Crippen LogP) is 2.69. The van der Waals surface area contributed by atoms with Crippen LogP contribution in [0.3, 0.4) is 0 Å². The molecule has 2 aliphatic rings. The van der Waals surface area contributed by atoms with E-state index in [4.69, 9.17) is 0 Å². The Labute approximate surface area is 126 Å². The first-order valence-corrected chi connectivity index (χ1v) is 7.97. The number of aryl methyl sites for hydroxylation is 1. The van der Waals surface area contributed by atoms with Gasteiger partial charge in [0, 0.05) is 6.08 Å². The van der Waals surface area contributed by atoms with Gasteiger partial charge in [-0.15, -0.1) is 0 Å². The summed E-state index contributed by atoms with van der Waals surface area (Å²) < 4.78 is 0. The lowest BCUT2D eigenvalue weighted by Gasteiger charge is -2.36. The quantitative estimate of drug-likeness (QED) is 0.903. The predicted molar refractivity (Wildman–Crippen MR) is 82.8 cm³/mol. The fourth-order valence-corrected chi connectivity index (χ4v) is 3.62. The van der Waals surface area contributed by atoms with Gasteiger partial charge in [-0.2, -0.15) is 0 Å². The number of carbonyl (C=O) groups is 1. The van der Waals surface area contributed by atoms with Crippen LogP contribution in [0.5, 0.6) is 0 Å². The lowest BCUT2D eigenvalue weighted by molar-refractivity contribution is -0.129. The molecule has 3 rings (SSSR count). The van der Waals surface area contributed by atoms with Crippen molar-refractivity contribution in [2.75, 3.05) is 6.61 Å². The van der Waals surface area contributed by atoms with Gasteiger partial charge >= 0.3 is 0 Å². The molecule has 1 N–H and O–H groups in total. The molecule has 0 spiro atoms. The van der Waals surface area contributed by atoms with E-state index in [9.17, 15) is 9.90 Å². The number of hydrogen-bond acceptors (Lipinski definition) is 2. The second-order valence-electron chi connectivity index (χ2n) is 6.09. The molecule has 0 bridgehead atoms. The summed E-state index contributed by atoms with van der Waals surface area (Å²) >= 11 is 0. The summed E-state index contributed by atoms with van der Waals surface area (Å²) in [4.78, 5) is 14.2. The Hall–Kier alpha value is -1.61.